The molecule has 2 N–H and O–H groups in total. The summed E-state index contributed by atoms with van der Waals surface area (Å²) in [4.78, 5) is 26.7. The second-order valence-electron chi connectivity index (χ2n) is 6.70. The van der Waals surface area contributed by atoms with Gasteiger partial charge in [0, 0.05) is 0 Å². The van der Waals surface area contributed by atoms with Crippen LogP contribution in [-0.2, 0) is 11.3 Å². The van der Waals surface area contributed by atoms with Gasteiger partial charge in [-0.2, -0.15) is 0 Å². The molecule has 0 saturated carbocycles. The normalized spacial score (nSPS) is 11.4. The molecule has 1 heterocycles. The maximum atomic E-state index is 13.0. The van der Waals surface area contributed by atoms with Crippen LogP contribution in [0.3, 0.4) is 0 Å². The number of hydrazine groups is 1. The Morgan fingerprint density at radius 2 is 1.71 bits per heavy atom. The third-order valence-electron chi connectivity index (χ3n) is 4.18. The van der Waals surface area contributed by atoms with E-state index in [0.717, 1.165) is 13.1 Å². The van der Waals surface area contributed by atoms with Crippen molar-refractivity contribution >= 4 is 11.8 Å². The second-order valence-corrected chi connectivity index (χ2v) is 6.70. The molecule has 1 aromatic carbocycles. The molecule has 2 rings (SSSR count). The van der Waals surface area contributed by atoms with E-state index in [4.69, 9.17) is 9.15 Å². The molecule has 0 aliphatic rings. The number of hydrogen-bond acceptors (Lipinski definition) is 5. The van der Waals surface area contributed by atoms with Crippen LogP contribution in [0.4, 0.5) is 4.39 Å². The monoisotopic (exact) mass is 391 g/mol. The Hall–Kier alpha value is -2.87. The first kappa shape index (κ1) is 21.4. The van der Waals surface area contributed by atoms with Crippen LogP contribution in [0.1, 0.15) is 44.0 Å². The smallest absolute Gasteiger partial charge is 0.305 e. The first-order valence-corrected chi connectivity index (χ1v) is 9.11. The molecule has 152 valence electrons. The molecule has 0 radical (unpaired) electrons. The van der Waals surface area contributed by atoms with Gasteiger partial charge < -0.3 is 9.15 Å². The Morgan fingerprint density at radius 1 is 1.07 bits per heavy atom. The minimum atomic E-state index is -1.29. The fourth-order valence-corrected chi connectivity index (χ4v) is 2.42. The summed E-state index contributed by atoms with van der Waals surface area (Å²) in [5, 5.41) is 0. The lowest BCUT2D eigenvalue weighted by atomic mass is 10.1. The van der Waals surface area contributed by atoms with Crippen molar-refractivity contribution in [2.24, 2.45) is 0 Å². The van der Waals surface area contributed by atoms with E-state index >= 15 is 0 Å². The van der Waals surface area contributed by atoms with Crippen molar-refractivity contribution in [2.75, 3.05) is 13.1 Å². The Labute approximate surface area is 163 Å². The Morgan fingerprint density at radius 3 is 2.32 bits per heavy atom. The topological polar surface area (TPSA) is 83.8 Å². The van der Waals surface area contributed by atoms with E-state index in [1.165, 1.54) is 38.1 Å². The molecule has 0 aliphatic carbocycles. The van der Waals surface area contributed by atoms with Gasteiger partial charge >= 0.3 is 5.91 Å². The van der Waals surface area contributed by atoms with Gasteiger partial charge in [-0.05, 0) is 63.3 Å². The average molecular weight is 391 g/mol. The van der Waals surface area contributed by atoms with Crippen molar-refractivity contribution in [3.05, 3.63) is 53.7 Å². The van der Waals surface area contributed by atoms with Gasteiger partial charge in [0.1, 0.15) is 17.3 Å². The number of carbonyl (C=O) groups is 2. The fourth-order valence-electron chi connectivity index (χ4n) is 2.42. The van der Waals surface area contributed by atoms with Gasteiger partial charge in [0.05, 0.1) is 6.54 Å². The van der Waals surface area contributed by atoms with Gasteiger partial charge in [-0.15, -0.1) is 0 Å². The lowest BCUT2D eigenvalue weighted by molar-refractivity contribution is -0.135. The van der Waals surface area contributed by atoms with Gasteiger partial charge in [-0.1, -0.05) is 13.8 Å². The van der Waals surface area contributed by atoms with E-state index in [1.807, 2.05) is 13.8 Å². The highest BCUT2D eigenvalue weighted by Gasteiger charge is 2.30. The maximum Gasteiger partial charge on any atom is 0.305 e. The van der Waals surface area contributed by atoms with Crippen molar-refractivity contribution in [1.82, 2.24) is 15.8 Å². The summed E-state index contributed by atoms with van der Waals surface area (Å²) in [5.41, 5.74) is 3.34. The summed E-state index contributed by atoms with van der Waals surface area (Å²) in [6.45, 7) is 9.51. The molecule has 2 aromatic rings. The zero-order valence-corrected chi connectivity index (χ0v) is 16.5. The fraction of sp³-hybridized carbons (Fsp3) is 0.400. The molecule has 0 spiro atoms. The predicted octanol–water partition coefficient (Wildman–Crippen LogP) is 2.88. The quantitative estimate of drug-likeness (QED) is 0.676. The number of rotatable bonds is 8. The first-order chi connectivity index (χ1) is 13.2. The molecule has 0 unspecified atom stereocenters. The van der Waals surface area contributed by atoms with Crippen LogP contribution in [0.2, 0.25) is 0 Å². The van der Waals surface area contributed by atoms with Gasteiger partial charge in [0.15, 0.2) is 11.4 Å². The maximum absolute atomic E-state index is 13.0. The molecule has 0 fully saturated rings. The van der Waals surface area contributed by atoms with Crippen LogP contribution in [0, 0.1) is 5.82 Å². The average Bonchev–Trinajstić information content (AvgIpc) is 3.14. The van der Waals surface area contributed by atoms with Crippen LogP contribution < -0.4 is 15.6 Å². The zero-order valence-electron chi connectivity index (χ0n) is 16.5. The van der Waals surface area contributed by atoms with Crippen LogP contribution in [-0.4, -0.2) is 35.4 Å². The first-order valence-electron chi connectivity index (χ1n) is 9.11. The highest BCUT2D eigenvalue weighted by Crippen LogP contribution is 2.18. The highest BCUT2D eigenvalue weighted by atomic mass is 19.1. The van der Waals surface area contributed by atoms with Gasteiger partial charge in [-0.3, -0.25) is 25.3 Å². The summed E-state index contributed by atoms with van der Waals surface area (Å²) < 4.78 is 24.1. The van der Waals surface area contributed by atoms with Crippen LogP contribution >= 0.6 is 0 Å². The van der Waals surface area contributed by atoms with E-state index in [-0.39, 0.29) is 5.76 Å². The molecule has 7 nitrogen and oxygen atoms in total. The van der Waals surface area contributed by atoms with Gasteiger partial charge in [-0.25, -0.2) is 4.39 Å². The second kappa shape index (κ2) is 9.36. The number of nitrogens with one attached hydrogen (secondary N) is 2. The number of hydrogen-bond donors (Lipinski definition) is 2. The molecule has 8 heteroatoms. The molecular weight excluding hydrogens is 365 g/mol. The van der Waals surface area contributed by atoms with Crippen molar-refractivity contribution in [3.63, 3.8) is 0 Å². The van der Waals surface area contributed by atoms with E-state index in [1.54, 1.807) is 12.1 Å². The van der Waals surface area contributed by atoms with Gasteiger partial charge in [0.25, 0.3) is 5.91 Å². The molecule has 1 aromatic heterocycles. The molecule has 0 saturated heterocycles. The van der Waals surface area contributed by atoms with Crippen LogP contribution in [0.25, 0.3) is 0 Å². The third kappa shape index (κ3) is 5.82. The Kier molecular flexibility index (Phi) is 7.17. The number of nitrogens with zero attached hydrogens (tertiary/aromatic N) is 1. The number of ether oxygens (including phenoxy) is 1. The summed E-state index contributed by atoms with van der Waals surface area (Å²) in [6.07, 6.45) is 0. The Bertz CT molecular complexity index is 798. The van der Waals surface area contributed by atoms with E-state index in [2.05, 4.69) is 15.8 Å². The van der Waals surface area contributed by atoms with Crippen molar-refractivity contribution in [2.45, 2.75) is 39.8 Å². The zero-order chi connectivity index (χ0) is 20.7. The number of halogens is 1. The minimum Gasteiger partial charge on any atom is -0.478 e. The molecule has 0 atom stereocenters. The minimum absolute atomic E-state index is 0.0970. The standard InChI is InChI=1S/C20H26FN3O4/c1-5-24(6-2)13-16-11-12-17(27-16)18(25)22-23-19(26)20(3,4)28-15-9-7-14(21)8-10-15/h7-12H,5-6,13H2,1-4H3,(H,22,25)(H,23,26). The molecular formula is C20H26FN3O4. The summed E-state index contributed by atoms with van der Waals surface area (Å²) in [5.74, 6) is -0.447. The molecule has 0 bridgehead atoms. The van der Waals surface area contributed by atoms with Crippen molar-refractivity contribution in [1.29, 1.82) is 0 Å². The number of amides is 2. The summed E-state index contributed by atoms with van der Waals surface area (Å²) in [7, 11) is 0. The largest absolute Gasteiger partial charge is 0.478 e. The molecule has 2 amide bonds. The van der Waals surface area contributed by atoms with Gasteiger partial charge in [0.2, 0.25) is 0 Å². The lowest BCUT2D eigenvalue weighted by Gasteiger charge is -2.25. The van der Waals surface area contributed by atoms with E-state index in [9.17, 15) is 14.0 Å². The Balaban J connectivity index is 1.89. The van der Waals surface area contributed by atoms with Crippen LogP contribution in [0.15, 0.2) is 40.8 Å². The molecule has 28 heavy (non-hydrogen) atoms. The molecule has 0 aliphatic heterocycles. The third-order valence-corrected chi connectivity index (χ3v) is 4.18. The number of carbonyl (C=O) groups excluding carboxylic acids is 2. The van der Waals surface area contributed by atoms with Crippen molar-refractivity contribution in [3.8, 4) is 5.75 Å². The number of benzene rings is 1. The van der Waals surface area contributed by atoms with E-state index < -0.39 is 23.2 Å². The highest BCUT2D eigenvalue weighted by molar-refractivity contribution is 5.94. The number of furan rings is 1. The summed E-state index contributed by atoms with van der Waals surface area (Å²) in [6, 6.07) is 8.60. The lowest BCUT2D eigenvalue weighted by Crippen LogP contribution is -2.53. The van der Waals surface area contributed by atoms with Crippen LogP contribution in [0.5, 0.6) is 5.75 Å². The SMILES string of the molecule is CCN(CC)Cc1ccc(C(=O)NNC(=O)C(C)(C)Oc2ccc(F)cc2)o1. The predicted molar refractivity (Wildman–Crippen MR) is 102 cm³/mol. The summed E-state index contributed by atoms with van der Waals surface area (Å²) >= 11 is 0. The van der Waals surface area contributed by atoms with Crippen molar-refractivity contribution < 1.29 is 23.1 Å². The van der Waals surface area contributed by atoms with E-state index in [0.29, 0.717) is 18.1 Å².